The van der Waals surface area contributed by atoms with Gasteiger partial charge in [-0.15, -0.1) is 0 Å². The Balaban J connectivity index is 1.85. The summed E-state index contributed by atoms with van der Waals surface area (Å²) < 4.78 is 11.2. The highest BCUT2D eigenvalue weighted by Gasteiger charge is 2.32. The molecule has 0 atom stereocenters. The first kappa shape index (κ1) is 17.5. The summed E-state index contributed by atoms with van der Waals surface area (Å²) >= 11 is 6.69. The lowest BCUT2D eigenvalue weighted by Crippen LogP contribution is -2.27. The second-order valence-electron chi connectivity index (χ2n) is 5.36. The molecule has 0 aliphatic carbocycles. The zero-order valence-electron chi connectivity index (χ0n) is 13.9. The maximum absolute atomic E-state index is 12.7. The first-order chi connectivity index (χ1) is 12.1. The number of ether oxygens (including phenoxy) is 2. The molecule has 128 valence electrons. The van der Waals surface area contributed by atoms with Crippen molar-refractivity contribution in [1.29, 1.82) is 0 Å². The van der Waals surface area contributed by atoms with Crippen molar-refractivity contribution in [2.24, 2.45) is 0 Å². The summed E-state index contributed by atoms with van der Waals surface area (Å²) in [4.78, 5) is 14.9. The van der Waals surface area contributed by atoms with Crippen molar-refractivity contribution in [3.8, 4) is 11.5 Å². The van der Waals surface area contributed by atoms with Gasteiger partial charge in [0.15, 0.2) is 0 Å². The normalized spacial score (nSPS) is 15.8. The van der Waals surface area contributed by atoms with E-state index in [1.807, 2.05) is 48.5 Å². The van der Waals surface area contributed by atoms with Gasteiger partial charge >= 0.3 is 0 Å². The van der Waals surface area contributed by atoms with E-state index in [0.717, 1.165) is 11.1 Å². The number of methoxy groups -OCH3 is 2. The number of amides is 1. The van der Waals surface area contributed by atoms with E-state index >= 15 is 0 Å². The summed E-state index contributed by atoms with van der Waals surface area (Å²) in [5.74, 6) is 1.26. The summed E-state index contributed by atoms with van der Waals surface area (Å²) in [6, 6.07) is 15.3. The predicted molar refractivity (Wildman–Crippen MR) is 105 cm³/mol. The quantitative estimate of drug-likeness (QED) is 0.584. The van der Waals surface area contributed by atoms with Crippen LogP contribution in [-0.4, -0.2) is 29.3 Å². The molecule has 1 fully saturated rings. The van der Waals surface area contributed by atoms with E-state index in [0.29, 0.717) is 27.3 Å². The highest BCUT2D eigenvalue weighted by molar-refractivity contribution is 8.26. The van der Waals surface area contributed by atoms with Gasteiger partial charge in [0.2, 0.25) is 0 Å². The lowest BCUT2D eigenvalue weighted by atomic mass is 10.1. The van der Waals surface area contributed by atoms with Crippen LogP contribution in [0.15, 0.2) is 53.4 Å². The van der Waals surface area contributed by atoms with E-state index in [4.69, 9.17) is 21.7 Å². The molecule has 1 amide bonds. The molecule has 3 rings (SSSR count). The summed E-state index contributed by atoms with van der Waals surface area (Å²) in [5.41, 5.74) is 1.85. The van der Waals surface area contributed by atoms with E-state index in [9.17, 15) is 4.79 Å². The molecule has 2 aromatic carbocycles. The highest BCUT2D eigenvalue weighted by Crippen LogP contribution is 2.35. The van der Waals surface area contributed by atoms with Gasteiger partial charge in [-0.1, -0.05) is 54.3 Å². The van der Waals surface area contributed by atoms with E-state index in [2.05, 4.69) is 0 Å². The molecule has 0 radical (unpaired) electrons. The maximum Gasteiger partial charge on any atom is 0.266 e. The predicted octanol–water partition coefficient (Wildman–Crippen LogP) is 4.11. The largest absolute Gasteiger partial charge is 0.497 e. The SMILES string of the molecule is COc1ccc(/C=C2/SC(=S)N(Cc3ccccc3)C2=O)c(OC)c1. The van der Waals surface area contributed by atoms with Crippen LogP contribution in [0.4, 0.5) is 0 Å². The number of hydrogen-bond donors (Lipinski definition) is 0. The fourth-order valence-electron chi connectivity index (χ4n) is 2.48. The van der Waals surface area contributed by atoms with Gasteiger partial charge < -0.3 is 9.47 Å². The van der Waals surface area contributed by atoms with Gasteiger partial charge in [0.1, 0.15) is 15.8 Å². The lowest BCUT2D eigenvalue weighted by molar-refractivity contribution is -0.122. The molecule has 1 aliphatic rings. The van der Waals surface area contributed by atoms with Crippen molar-refractivity contribution in [2.75, 3.05) is 14.2 Å². The van der Waals surface area contributed by atoms with Crippen LogP contribution >= 0.6 is 24.0 Å². The smallest absolute Gasteiger partial charge is 0.266 e. The third kappa shape index (κ3) is 3.86. The summed E-state index contributed by atoms with van der Waals surface area (Å²) in [7, 11) is 3.19. The Bertz CT molecular complexity index is 834. The van der Waals surface area contributed by atoms with E-state index < -0.39 is 0 Å². The van der Waals surface area contributed by atoms with Gasteiger partial charge in [-0.3, -0.25) is 9.69 Å². The Labute approximate surface area is 156 Å². The van der Waals surface area contributed by atoms with Crippen molar-refractivity contribution >= 4 is 40.3 Å². The molecule has 1 heterocycles. The minimum Gasteiger partial charge on any atom is -0.497 e. The number of thioether (sulfide) groups is 1. The molecule has 0 unspecified atom stereocenters. The van der Waals surface area contributed by atoms with Crippen molar-refractivity contribution in [3.05, 3.63) is 64.6 Å². The molecule has 6 heteroatoms. The Kier molecular flexibility index (Phi) is 5.40. The van der Waals surface area contributed by atoms with Crippen LogP contribution in [0.1, 0.15) is 11.1 Å². The molecule has 25 heavy (non-hydrogen) atoms. The highest BCUT2D eigenvalue weighted by atomic mass is 32.2. The average Bonchev–Trinajstić information content (AvgIpc) is 2.90. The van der Waals surface area contributed by atoms with E-state index in [1.54, 1.807) is 25.2 Å². The summed E-state index contributed by atoms with van der Waals surface area (Å²) in [5, 5.41) is 0. The third-order valence-electron chi connectivity index (χ3n) is 3.78. The fourth-order valence-corrected chi connectivity index (χ4v) is 3.73. The molecular weight excluding hydrogens is 354 g/mol. The molecule has 0 aromatic heterocycles. The summed E-state index contributed by atoms with van der Waals surface area (Å²) in [6.07, 6.45) is 1.81. The lowest BCUT2D eigenvalue weighted by Gasteiger charge is -2.14. The molecular formula is C19H17NO3S2. The summed E-state index contributed by atoms with van der Waals surface area (Å²) in [6.45, 7) is 0.475. The van der Waals surface area contributed by atoms with Crippen molar-refractivity contribution in [3.63, 3.8) is 0 Å². The molecule has 0 saturated carbocycles. The van der Waals surface area contributed by atoms with Gasteiger partial charge in [-0.05, 0) is 23.8 Å². The first-order valence-corrected chi connectivity index (χ1v) is 8.86. The van der Waals surface area contributed by atoms with Crippen LogP contribution in [0.3, 0.4) is 0 Å². The molecule has 0 N–H and O–H groups in total. The maximum atomic E-state index is 12.7. The number of thiocarbonyl (C=S) groups is 1. The second-order valence-corrected chi connectivity index (χ2v) is 7.04. The molecule has 1 saturated heterocycles. The van der Waals surface area contributed by atoms with Crippen molar-refractivity contribution in [2.45, 2.75) is 6.54 Å². The van der Waals surface area contributed by atoms with Crippen LogP contribution in [0.5, 0.6) is 11.5 Å². The standard InChI is InChI=1S/C19H17NO3S2/c1-22-15-9-8-14(16(11-15)23-2)10-17-18(21)20(19(24)25-17)12-13-6-4-3-5-7-13/h3-11H,12H2,1-2H3/b17-10+. The van der Waals surface area contributed by atoms with Gasteiger partial charge in [0.05, 0.1) is 25.7 Å². The topological polar surface area (TPSA) is 38.8 Å². The van der Waals surface area contributed by atoms with Crippen molar-refractivity contribution in [1.82, 2.24) is 4.90 Å². The number of carbonyl (C=O) groups is 1. The molecule has 0 spiro atoms. The average molecular weight is 371 g/mol. The molecule has 4 nitrogen and oxygen atoms in total. The van der Waals surface area contributed by atoms with E-state index in [-0.39, 0.29) is 5.91 Å². The minimum absolute atomic E-state index is 0.0864. The fraction of sp³-hybridized carbons (Fsp3) is 0.158. The van der Waals surface area contributed by atoms with Gasteiger partial charge in [-0.25, -0.2) is 0 Å². The van der Waals surface area contributed by atoms with Gasteiger partial charge in [0.25, 0.3) is 5.91 Å². The Morgan fingerprint density at radius 3 is 2.56 bits per heavy atom. The van der Waals surface area contributed by atoms with Gasteiger partial charge in [0, 0.05) is 11.6 Å². The van der Waals surface area contributed by atoms with Crippen LogP contribution in [0.2, 0.25) is 0 Å². The molecule has 2 aromatic rings. The molecule has 1 aliphatic heterocycles. The third-order valence-corrected chi connectivity index (χ3v) is 5.16. The zero-order valence-corrected chi connectivity index (χ0v) is 15.5. The number of carbonyl (C=O) groups excluding carboxylic acids is 1. The first-order valence-electron chi connectivity index (χ1n) is 7.63. The molecule has 0 bridgehead atoms. The minimum atomic E-state index is -0.0864. The van der Waals surface area contributed by atoms with Crippen molar-refractivity contribution < 1.29 is 14.3 Å². The van der Waals surface area contributed by atoms with E-state index in [1.165, 1.54) is 11.8 Å². The number of rotatable bonds is 5. The van der Waals surface area contributed by atoms with Gasteiger partial charge in [-0.2, -0.15) is 0 Å². The Morgan fingerprint density at radius 1 is 1.12 bits per heavy atom. The zero-order chi connectivity index (χ0) is 17.8. The van der Waals surface area contributed by atoms with Crippen LogP contribution < -0.4 is 9.47 Å². The Hall–Kier alpha value is -2.31. The monoisotopic (exact) mass is 371 g/mol. The number of hydrogen-bond acceptors (Lipinski definition) is 5. The second kappa shape index (κ2) is 7.72. The number of nitrogens with zero attached hydrogens (tertiary/aromatic N) is 1. The van der Waals surface area contributed by atoms with Crippen LogP contribution in [-0.2, 0) is 11.3 Å². The Morgan fingerprint density at radius 2 is 1.88 bits per heavy atom. The number of benzene rings is 2. The van der Waals surface area contributed by atoms with Crippen LogP contribution in [0.25, 0.3) is 6.08 Å². The van der Waals surface area contributed by atoms with Crippen LogP contribution in [0, 0.1) is 0 Å².